The van der Waals surface area contributed by atoms with E-state index in [4.69, 9.17) is 5.73 Å². The Kier molecular flexibility index (Phi) is 3.58. The van der Waals surface area contributed by atoms with Gasteiger partial charge in [0.1, 0.15) is 29.4 Å². The maximum atomic E-state index is 13.1. The highest BCUT2D eigenvalue weighted by Gasteiger charge is 2.42. The van der Waals surface area contributed by atoms with E-state index in [0.717, 1.165) is 10.9 Å². The van der Waals surface area contributed by atoms with Gasteiger partial charge in [-0.2, -0.15) is 0 Å². The van der Waals surface area contributed by atoms with E-state index in [1.165, 1.54) is 4.57 Å². The summed E-state index contributed by atoms with van der Waals surface area (Å²) in [6.45, 7) is 1.68. The van der Waals surface area contributed by atoms with Crippen molar-refractivity contribution in [3.8, 4) is 0 Å². The van der Waals surface area contributed by atoms with Gasteiger partial charge in [-0.3, -0.25) is 24.3 Å². The maximum absolute atomic E-state index is 13.1. The summed E-state index contributed by atoms with van der Waals surface area (Å²) in [5.74, 6) is -0.405. The molecule has 3 N–H and O–H groups in total. The van der Waals surface area contributed by atoms with Crippen molar-refractivity contribution in [2.75, 3.05) is 5.73 Å². The van der Waals surface area contributed by atoms with Crippen LogP contribution in [0, 0.1) is 6.92 Å². The van der Waals surface area contributed by atoms with Gasteiger partial charge in [-0.05, 0) is 19.4 Å². The number of nitrogens with one attached hydrogen (secondary N) is 1. The number of carbonyl (C=O) groups is 2. The molecule has 2 heterocycles. The largest absolute Gasteiger partial charge is 0.398 e. The Labute approximate surface area is 141 Å². The van der Waals surface area contributed by atoms with Gasteiger partial charge >= 0.3 is 0 Å². The van der Waals surface area contributed by atoms with Crippen LogP contribution in [0.3, 0.4) is 0 Å². The van der Waals surface area contributed by atoms with E-state index in [-0.39, 0.29) is 24.3 Å². The van der Waals surface area contributed by atoms with Crippen LogP contribution in [0.15, 0.2) is 10.9 Å². The molecule has 0 spiro atoms. The van der Waals surface area contributed by atoms with Crippen molar-refractivity contribution in [3.63, 3.8) is 0 Å². The van der Waals surface area contributed by atoms with Crippen LogP contribution < -0.4 is 27.5 Å². The maximum Gasteiger partial charge on any atom is 0.263 e. The van der Waals surface area contributed by atoms with Gasteiger partial charge in [-0.25, -0.2) is 4.98 Å². The number of fused-ring (bicyclic) bond motifs is 1. The number of hydrogen-bond acceptors (Lipinski definition) is 5. The average molecular weight is 322 g/mol. The van der Waals surface area contributed by atoms with Crippen LogP contribution in [-0.4, -0.2) is 44.9 Å². The summed E-state index contributed by atoms with van der Waals surface area (Å²) in [5, 5.41) is 2.62. The lowest BCUT2D eigenvalue weighted by molar-refractivity contribution is -0.137. The first-order valence-electron chi connectivity index (χ1n) is 7.80. The third-order valence-corrected chi connectivity index (χ3v) is 4.97. The van der Waals surface area contributed by atoms with Crippen molar-refractivity contribution in [2.45, 2.75) is 25.2 Å². The fourth-order valence-electron chi connectivity index (χ4n) is 3.31. The number of rotatable bonds is 1. The number of aryl methyl sites for hydroxylation is 1. The minimum Gasteiger partial charge on any atom is -0.398 e. The monoisotopic (exact) mass is 322 g/mol. The molecule has 0 saturated carbocycles. The Morgan fingerprint density at radius 3 is 2.62 bits per heavy atom. The fraction of sp³-hybridized carbons (Fsp3) is 0.286. The quantitative estimate of drug-likeness (QED) is 0.313. The molecule has 3 rings (SSSR count). The number of benzene rings is 1. The van der Waals surface area contributed by atoms with E-state index in [0.29, 0.717) is 22.4 Å². The predicted molar refractivity (Wildman–Crippen MR) is 100 cm³/mol. The van der Waals surface area contributed by atoms with E-state index in [9.17, 15) is 14.4 Å². The fourth-order valence-corrected chi connectivity index (χ4v) is 3.31. The van der Waals surface area contributed by atoms with E-state index in [2.05, 4.69) is 10.3 Å². The normalized spacial score (nSPS) is 21.0. The number of nitrogens with zero attached hydrogens (tertiary/aromatic N) is 2. The Balaban J connectivity index is 2.36. The molecule has 1 aromatic carbocycles. The zero-order valence-corrected chi connectivity index (χ0v) is 14.2. The molecule has 1 aliphatic rings. The second-order valence-corrected chi connectivity index (χ2v) is 6.58. The number of amides is 2. The summed E-state index contributed by atoms with van der Waals surface area (Å²) in [5.41, 5.74) is 7.32. The molecular weight excluding hydrogens is 305 g/mol. The summed E-state index contributed by atoms with van der Waals surface area (Å²) in [6, 6.07) is 1.83. The number of hydrogen-bond donors (Lipinski definition) is 2. The Morgan fingerprint density at radius 2 is 2.00 bits per heavy atom. The third kappa shape index (κ3) is 2.17. The lowest BCUT2D eigenvalue weighted by Crippen LogP contribution is -2.58. The average Bonchev–Trinajstić information content (AvgIpc) is 2.49. The number of anilines is 1. The van der Waals surface area contributed by atoms with Crippen LogP contribution >= 0.6 is 0 Å². The number of nitrogen functional groups attached to an aromatic ring is 1. The van der Waals surface area contributed by atoms with E-state index in [1.54, 1.807) is 14.8 Å². The molecule has 1 aliphatic heterocycles. The molecule has 2 amide bonds. The lowest BCUT2D eigenvalue weighted by atomic mass is 9.70. The minimum atomic E-state index is -1.17. The highest BCUT2D eigenvalue weighted by molar-refractivity contribution is 6.52. The van der Waals surface area contributed by atoms with Crippen molar-refractivity contribution >= 4 is 62.9 Å². The van der Waals surface area contributed by atoms with Gasteiger partial charge in [-0.1, -0.05) is 10.9 Å². The van der Waals surface area contributed by atoms with E-state index >= 15 is 0 Å². The van der Waals surface area contributed by atoms with Crippen molar-refractivity contribution in [1.82, 2.24) is 14.9 Å². The van der Waals surface area contributed by atoms with Crippen LogP contribution in [0.4, 0.5) is 5.69 Å². The van der Waals surface area contributed by atoms with E-state index < -0.39 is 11.3 Å². The molecule has 24 heavy (non-hydrogen) atoms. The lowest BCUT2D eigenvalue weighted by Gasteiger charge is -2.35. The molecule has 0 radical (unpaired) electrons. The summed E-state index contributed by atoms with van der Waals surface area (Å²) in [6.07, 6.45) is 0.422. The zero-order chi connectivity index (χ0) is 17.8. The van der Waals surface area contributed by atoms with E-state index in [1.807, 2.05) is 21.8 Å². The summed E-state index contributed by atoms with van der Waals surface area (Å²) in [4.78, 5) is 41.5. The molecular formula is C14H17B3N4O3. The number of nitrogens with two attached hydrogens (primary N) is 1. The summed E-state index contributed by atoms with van der Waals surface area (Å²) >= 11 is 0. The van der Waals surface area contributed by atoms with Crippen LogP contribution in [0.2, 0.25) is 0 Å². The second kappa shape index (κ2) is 5.26. The van der Waals surface area contributed by atoms with Crippen LogP contribution in [0.5, 0.6) is 0 Å². The van der Waals surface area contributed by atoms with Gasteiger partial charge in [0.2, 0.25) is 11.8 Å². The number of imide groups is 1. The molecule has 1 aromatic heterocycles. The molecule has 0 aliphatic carbocycles. The topological polar surface area (TPSA) is 107 Å². The summed E-state index contributed by atoms with van der Waals surface area (Å²) < 4.78 is 1.36. The molecule has 0 bridgehead atoms. The van der Waals surface area contributed by atoms with Crippen LogP contribution in [0.1, 0.15) is 18.7 Å². The van der Waals surface area contributed by atoms with Gasteiger partial charge in [-0.15, -0.1) is 0 Å². The van der Waals surface area contributed by atoms with Gasteiger partial charge < -0.3 is 5.73 Å². The summed E-state index contributed by atoms with van der Waals surface area (Å²) in [7, 11) is 5.41. The van der Waals surface area contributed by atoms with Crippen LogP contribution in [0.25, 0.3) is 10.9 Å². The first kappa shape index (κ1) is 16.4. The molecule has 2 aromatic rings. The Hall–Kier alpha value is -2.51. The van der Waals surface area contributed by atoms with Gasteiger partial charge in [0.25, 0.3) is 5.56 Å². The molecule has 1 unspecified atom stereocenters. The molecule has 7 nitrogen and oxygen atoms in total. The standard InChI is InChI=1S/C14H17B3N4O3/c1-5-19-7-4-6(15)10(16)11(18)9(7)12(23)21(5)14(17)3-2-8(22)20-13(14)24/h4H,2-3,15-18H2,1H3,(H,20,22,24). The molecule has 1 fully saturated rings. The molecule has 120 valence electrons. The number of carbonyl (C=O) groups excluding carboxylic acids is 2. The van der Waals surface area contributed by atoms with Crippen LogP contribution in [-0.2, 0) is 15.0 Å². The highest BCUT2D eigenvalue weighted by Crippen LogP contribution is 2.24. The van der Waals surface area contributed by atoms with Gasteiger partial charge in [0.05, 0.1) is 16.3 Å². The number of piperidine rings is 1. The van der Waals surface area contributed by atoms with Gasteiger partial charge in [0.15, 0.2) is 0 Å². The zero-order valence-electron chi connectivity index (χ0n) is 14.2. The second-order valence-electron chi connectivity index (χ2n) is 6.58. The minimum absolute atomic E-state index is 0.175. The highest BCUT2D eigenvalue weighted by atomic mass is 16.2. The van der Waals surface area contributed by atoms with Crippen molar-refractivity contribution in [1.29, 1.82) is 0 Å². The first-order valence-corrected chi connectivity index (χ1v) is 7.80. The SMILES string of the molecule is Bc1cc2nc(C)n(C3(B)CCC(=O)NC3=O)c(=O)c2c(N)c1B. The Bertz CT molecular complexity index is 972. The molecule has 1 saturated heterocycles. The van der Waals surface area contributed by atoms with Crippen molar-refractivity contribution < 1.29 is 9.59 Å². The van der Waals surface area contributed by atoms with Crippen molar-refractivity contribution in [2.24, 2.45) is 0 Å². The third-order valence-electron chi connectivity index (χ3n) is 4.97. The molecule has 10 heteroatoms. The smallest absolute Gasteiger partial charge is 0.263 e. The van der Waals surface area contributed by atoms with Crippen molar-refractivity contribution in [3.05, 3.63) is 22.2 Å². The van der Waals surface area contributed by atoms with Gasteiger partial charge in [0, 0.05) is 12.1 Å². The number of aromatic nitrogens is 2. The first-order chi connectivity index (χ1) is 11.2. The molecule has 1 atom stereocenters. The predicted octanol–water partition coefficient (Wildman–Crippen LogP) is -4.47. The Morgan fingerprint density at radius 1 is 1.33 bits per heavy atom.